The van der Waals surface area contributed by atoms with Gasteiger partial charge in [0.25, 0.3) is 0 Å². The monoisotopic (exact) mass is 389 g/mol. The van der Waals surface area contributed by atoms with Gasteiger partial charge in [0.2, 0.25) is 5.91 Å². The first kappa shape index (κ1) is 18.7. The third-order valence-corrected chi connectivity index (χ3v) is 4.84. The lowest BCUT2D eigenvalue weighted by atomic mass is 10.2. The van der Waals surface area contributed by atoms with Gasteiger partial charge < -0.3 is 15.5 Å². The van der Waals surface area contributed by atoms with E-state index in [1.807, 2.05) is 59.5 Å². The zero-order chi connectivity index (χ0) is 20.1. The van der Waals surface area contributed by atoms with Gasteiger partial charge in [-0.15, -0.1) is 0 Å². The summed E-state index contributed by atoms with van der Waals surface area (Å²) in [6, 6.07) is 17.8. The summed E-state index contributed by atoms with van der Waals surface area (Å²) in [6.45, 7) is 1.25. The summed E-state index contributed by atoms with van der Waals surface area (Å²) in [5.41, 5.74) is 3.00. The minimum atomic E-state index is 0.0172. The van der Waals surface area contributed by atoms with Crippen molar-refractivity contribution >= 4 is 17.6 Å². The van der Waals surface area contributed by atoms with E-state index in [9.17, 15) is 4.79 Å². The molecule has 8 nitrogen and oxygen atoms in total. The molecule has 1 unspecified atom stereocenters. The van der Waals surface area contributed by atoms with E-state index >= 15 is 0 Å². The molecule has 1 aromatic heterocycles. The van der Waals surface area contributed by atoms with E-state index in [0.717, 1.165) is 16.9 Å². The number of aromatic nitrogens is 3. The van der Waals surface area contributed by atoms with Crippen LogP contribution < -0.4 is 15.5 Å². The van der Waals surface area contributed by atoms with Crippen molar-refractivity contribution in [3.8, 4) is 5.69 Å². The molecule has 0 spiro atoms. The maximum atomic E-state index is 12.4. The Labute approximate surface area is 169 Å². The van der Waals surface area contributed by atoms with Crippen LogP contribution in [0.1, 0.15) is 12.0 Å². The third-order valence-electron chi connectivity index (χ3n) is 4.84. The van der Waals surface area contributed by atoms with Crippen molar-refractivity contribution in [1.82, 2.24) is 25.4 Å². The molecule has 1 saturated heterocycles. The Bertz CT molecular complexity index is 968. The van der Waals surface area contributed by atoms with E-state index < -0.39 is 0 Å². The average molecular weight is 389 g/mol. The molecule has 2 N–H and O–H groups in total. The van der Waals surface area contributed by atoms with Crippen LogP contribution in [0.25, 0.3) is 5.69 Å². The fourth-order valence-electron chi connectivity index (χ4n) is 3.34. The van der Waals surface area contributed by atoms with Crippen molar-refractivity contribution in [2.24, 2.45) is 4.99 Å². The minimum absolute atomic E-state index is 0.0172. The standard InChI is InChI=1S/C21H23N7O/c1-22-21(24-12-16-7-9-19(10-8-16)28-15-23-14-25-28)26-17-11-20(29)27(13-17)18-5-3-2-4-6-18/h2-10,14-15,17H,11-13H2,1H3,(H2,22,24,26). The Morgan fingerprint density at radius 3 is 2.62 bits per heavy atom. The Morgan fingerprint density at radius 1 is 1.14 bits per heavy atom. The van der Waals surface area contributed by atoms with Crippen molar-refractivity contribution in [2.45, 2.75) is 19.0 Å². The molecule has 148 valence electrons. The normalized spacial score (nSPS) is 16.9. The molecular formula is C21H23N7O. The van der Waals surface area contributed by atoms with Gasteiger partial charge in [-0.1, -0.05) is 30.3 Å². The molecule has 2 heterocycles. The molecule has 1 atom stereocenters. The fourth-order valence-corrected chi connectivity index (χ4v) is 3.34. The van der Waals surface area contributed by atoms with Gasteiger partial charge in [-0.05, 0) is 29.8 Å². The van der Waals surface area contributed by atoms with Crippen LogP contribution in [0.4, 0.5) is 5.69 Å². The Hall–Kier alpha value is -3.68. The van der Waals surface area contributed by atoms with E-state index in [-0.39, 0.29) is 11.9 Å². The third kappa shape index (κ3) is 4.43. The number of para-hydroxylation sites is 1. The van der Waals surface area contributed by atoms with E-state index in [0.29, 0.717) is 25.5 Å². The van der Waals surface area contributed by atoms with Crippen molar-refractivity contribution in [3.63, 3.8) is 0 Å². The predicted molar refractivity (Wildman–Crippen MR) is 112 cm³/mol. The molecule has 4 rings (SSSR count). The van der Waals surface area contributed by atoms with Crippen LogP contribution in [-0.4, -0.2) is 46.3 Å². The molecule has 8 heteroatoms. The average Bonchev–Trinajstić information content (AvgIpc) is 3.42. The Balaban J connectivity index is 1.31. The number of carbonyl (C=O) groups is 1. The summed E-state index contributed by atoms with van der Waals surface area (Å²) in [4.78, 5) is 22.4. The summed E-state index contributed by atoms with van der Waals surface area (Å²) in [6.07, 6.45) is 3.63. The van der Waals surface area contributed by atoms with Crippen LogP contribution in [0.3, 0.4) is 0 Å². The lowest BCUT2D eigenvalue weighted by Gasteiger charge is -2.19. The Kier molecular flexibility index (Phi) is 5.51. The number of amides is 1. The molecule has 1 amide bonds. The first-order valence-electron chi connectivity index (χ1n) is 9.49. The van der Waals surface area contributed by atoms with E-state index in [1.54, 1.807) is 18.1 Å². The van der Waals surface area contributed by atoms with Gasteiger partial charge in [-0.25, -0.2) is 9.67 Å². The molecule has 0 bridgehead atoms. The number of guanidine groups is 1. The maximum absolute atomic E-state index is 12.4. The lowest BCUT2D eigenvalue weighted by Crippen LogP contribution is -2.44. The molecule has 0 saturated carbocycles. The first-order valence-corrected chi connectivity index (χ1v) is 9.49. The maximum Gasteiger partial charge on any atom is 0.229 e. The second-order valence-electron chi connectivity index (χ2n) is 6.82. The lowest BCUT2D eigenvalue weighted by molar-refractivity contribution is -0.117. The Morgan fingerprint density at radius 2 is 1.93 bits per heavy atom. The molecule has 2 aromatic carbocycles. The van der Waals surface area contributed by atoms with Crippen LogP contribution in [0, 0.1) is 0 Å². The van der Waals surface area contributed by atoms with Crippen molar-refractivity contribution in [2.75, 3.05) is 18.5 Å². The van der Waals surface area contributed by atoms with Gasteiger partial charge in [-0.3, -0.25) is 9.79 Å². The van der Waals surface area contributed by atoms with Gasteiger partial charge in [0, 0.05) is 32.2 Å². The minimum Gasteiger partial charge on any atom is -0.352 e. The number of carbonyl (C=O) groups excluding carboxylic acids is 1. The summed E-state index contributed by atoms with van der Waals surface area (Å²) < 4.78 is 1.72. The smallest absolute Gasteiger partial charge is 0.229 e. The van der Waals surface area contributed by atoms with Gasteiger partial charge in [0.1, 0.15) is 12.7 Å². The first-order chi connectivity index (χ1) is 14.2. The predicted octanol–water partition coefficient (Wildman–Crippen LogP) is 1.74. The van der Waals surface area contributed by atoms with E-state index in [2.05, 4.69) is 25.7 Å². The van der Waals surface area contributed by atoms with Gasteiger partial charge in [-0.2, -0.15) is 5.10 Å². The quantitative estimate of drug-likeness (QED) is 0.513. The zero-order valence-electron chi connectivity index (χ0n) is 16.2. The molecular weight excluding hydrogens is 366 g/mol. The second kappa shape index (κ2) is 8.55. The second-order valence-corrected chi connectivity index (χ2v) is 6.82. The number of rotatable bonds is 5. The van der Waals surface area contributed by atoms with Crippen molar-refractivity contribution < 1.29 is 4.79 Å². The molecule has 0 radical (unpaired) electrons. The molecule has 3 aromatic rings. The van der Waals surface area contributed by atoms with Gasteiger partial charge in [0.15, 0.2) is 5.96 Å². The van der Waals surface area contributed by atoms with Crippen molar-refractivity contribution in [3.05, 3.63) is 72.8 Å². The van der Waals surface area contributed by atoms with Crippen LogP contribution in [-0.2, 0) is 11.3 Å². The highest BCUT2D eigenvalue weighted by molar-refractivity contribution is 5.97. The number of anilines is 1. The summed E-state index contributed by atoms with van der Waals surface area (Å²) in [5, 5.41) is 10.8. The van der Waals surface area contributed by atoms with Crippen LogP contribution in [0.15, 0.2) is 72.2 Å². The largest absolute Gasteiger partial charge is 0.352 e. The number of aliphatic imine (C=N–C) groups is 1. The van der Waals surface area contributed by atoms with E-state index in [4.69, 9.17) is 0 Å². The van der Waals surface area contributed by atoms with Gasteiger partial charge >= 0.3 is 0 Å². The molecule has 0 aliphatic carbocycles. The number of benzene rings is 2. The van der Waals surface area contributed by atoms with Crippen LogP contribution in [0.5, 0.6) is 0 Å². The number of hydrogen-bond donors (Lipinski definition) is 2. The molecule has 1 fully saturated rings. The highest BCUT2D eigenvalue weighted by atomic mass is 16.2. The number of hydrogen-bond acceptors (Lipinski definition) is 4. The highest BCUT2D eigenvalue weighted by Gasteiger charge is 2.30. The summed E-state index contributed by atoms with van der Waals surface area (Å²) in [7, 11) is 1.73. The van der Waals surface area contributed by atoms with Crippen LogP contribution in [0.2, 0.25) is 0 Å². The number of nitrogens with zero attached hydrogens (tertiary/aromatic N) is 5. The van der Waals surface area contributed by atoms with Crippen molar-refractivity contribution in [1.29, 1.82) is 0 Å². The fraction of sp³-hybridized carbons (Fsp3) is 0.238. The number of nitrogens with one attached hydrogen (secondary N) is 2. The molecule has 29 heavy (non-hydrogen) atoms. The van der Waals surface area contributed by atoms with E-state index in [1.165, 1.54) is 6.33 Å². The summed E-state index contributed by atoms with van der Waals surface area (Å²) in [5.74, 6) is 0.797. The summed E-state index contributed by atoms with van der Waals surface area (Å²) >= 11 is 0. The van der Waals surface area contributed by atoms with Crippen LogP contribution >= 0.6 is 0 Å². The highest BCUT2D eigenvalue weighted by Crippen LogP contribution is 2.21. The molecule has 1 aliphatic heterocycles. The topological polar surface area (TPSA) is 87.4 Å². The SMILES string of the molecule is CN=C(NCc1ccc(-n2cncn2)cc1)NC1CC(=O)N(c2ccccc2)C1. The molecule has 1 aliphatic rings. The zero-order valence-corrected chi connectivity index (χ0v) is 16.2. The van der Waals surface area contributed by atoms with Gasteiger partial charge in [0.05, 0.1) is 11.7 Å².